The molecule has 2 heteroatoms. The zero-order valence-electron chi connectivity index (χ0n) is 24.2. The van der Waals surface area contributed by atoms with Crippen LogP contribution in [0.2, 0.25) is 0 Å². The minimum atomic E-state index is -0.643. The molecule has 0 saturated heterocycles. The van der Waals surface area contributed by atoms with Crippen LogP contribution >= 0.6 is 0 Å². The van der Waals surface area contributed by atoms with Gasteiger partial charge in [-0.1, -0.05) is 105 Å². The van der Waals surface area contributed by atoms with Gasteiger partial charge in [0.1, 0.15) is 11.4 Å². The summed E-state index contributed by atoms with van der Waals surface area (Å²) in [5.41, 5.74) is 3.28. The highest BCUT2D eigenvalue weighted by Gasteiger charge is 2.60. The Balaban J connectivity index is 1.21. The summed E-state index contributed by atoms with van der Waals surface area (Å²) in [7, 11) is 0. The number of hydrogen-bond donors (Lipinski definition) is 0. The second kappa shape index (κ2) is 9.98. The molecule has 0 N–H and O–H groups in total. The third kappa shape index (κ3) is 3.97. The van der Waals surface area contributed by atoms with Crippen molar-refractivity contribution >= 4 is 5.78 Å². The Morgan fingerprint density at radius 1 is 0.675 bits per heavy atom. The van der Waals surface area contributed by atoms with Gasteiger partial charge in [-0.25, -0.2) is 0 Å². The average molecular weight is 533 g/mol. The van der Waals surface area contributed by atoms with Crippen molar-refractivity contribution in [2.75, 3.05) is 0 Å². The number of rotatable bonds is 5. The third-order valence-corrected chi connectivity index (χ3v) is 12.2. The van der Waals surface area contributed by atoms with E-state index in [1.54, 1.807) is 0 Å². The summed E-state index contributed by atoms with van der Waals surface area (Å²) in [6.45, 7) is 4.92. The molecule has 0 aliphatic heterocycles. The van der Waals surface area contributed by atoms with Gasteiger partial charge in [0, 0.05) is 11.8 Å². The van der Waals surface area contributed by atoms with Crippen molar-refractivity contribution in [3.8, 4) is 0 Å². The third-order valence-electron chi connectivity index (χ3n) is 12.2. The Morgan fingerprint density at radius 2 is 1.25 bits per heavy atom. The van der Waals surface area contributed by atoms with Crippen LogP contribution in [0.3, 0.4) is 0 Å². The molecule has 0 unspecified atom stereocenters. The minimum Gasteiger partial charge on any atom is -0.358 e. The molecule has 0 bridgehead atoms. The molecule has 0 aromatic heterocycles. The smallest absolute Gasteiger partial charge is 0.144 e. The Labute approximate surface area is 240 Å². The molecule has 0 spiro atoms. The maximum absolute atomic E-state index is 12.9. The fourth-order valence-corrected chi connectivity index (χ4v) is 10.1. The van der Waals surface area contributed by atoms with E-state index >= 15 is 0 Å². The Kier molecular flexibility index (Phi) is 6.54. The largest absolute Gasteiger partial charge is 0.358 e. The molecule has 4 fully saturated rings. The van der Waals surface area contributed by atoms with Crippen molar-refractivity contribution < 1.29 is 9.53 Å². The Hall–Kier alpha value is -2.71. The average Bonchev–Trinajstić information content (AvgIpc) is 3.31. The van der Waals surface area contributed by atoms with Gasteiger partial charge >= 0.3 is 0 Å². The second-order valence-electron chi connectivity index (χ2n) is 13.9. The highest BCUT2D eigenvalue weighted by molar-refractivity contribution is 5.87. The first-order valence-electron chi connectivity index (χ1n) is 15.8. The zero-order chi connectivity index (χ0) is 27.4. The van der Waals surface area contributed by atoms with E-state index in [-0.39, 0.29) is 11.5 Å². The van der Waals surface area contributed by atoms with Gasteiger partial charge in [-0.05, 0) is 97.1 Å². The van der Waals surface area contributed by atoms with Gasteiger partial charge in [-0.15, -0.1) is 0 Å². The Morgan fingerprint density at radius 3 is 1.82 bits per heavy atom. The predicted octanol–water partition coefficient (Wildman–Crippen LogP) is 8.98. The van der Waals surface area contributed by atoms with Gasteiger partial charge in [-0.2, -0.15) is 0 Å². The molecule has 2 nitrogen and oxygen atoms in total. The number of fused-ring (bicyclic) bond motifs is 5. The van der Waals surface area contributed by atoms with E-state index < -0.39 is 5.60 Å². The van der Waals surface area contributed by atoms with E-state index in [4.69, 9.17) is 4.74 Å². The van der Waals surface area contributed by atoms with E-state index in [0.717, 1.165) is 43.9 Å². The first-order chi connectivity index (χ1) is 19.4. The molecule has 4 aliphatic rings. The number of Topliss-reactive ketones (excluding diaryl/α,β-unsaturated/α-hetero) is 1. The van der Waals surface area contributed by atoms with Crippen molar-refractivity contribution in [2.24, 2.45) is 34.5 Å². The van der Waals surface area contributed by atoms with E-state index in [1.165, 1.54) is 42.4 Å². The van der Waals surface area contributed by atoms with Gasteiger partial charge in [0.15, 0.2) is 0 Å². The number of benzene rings is 3. The molecule has 0 radical (unpaired) electrons. The lowest BCUT2D eigenvalue weighted by Gasteiger charge is -2.60. The normalized spacial score (nSPS) is 35.5. The van der Waals surface area contributed by atoms with E-state index in [2.05, 4.69) is 105 Å². The highest BCUT2D eigenvalue weighted by Crippen LogP contribution is 2.66. The van der Waals surface area contributed by atoms with Crippen LogP contribution in [0.1, 0.15) is 88.3 Å². The van der Waals surface area contributed by atoms with Gasteiger partial charge < -0.3 is 4.74 Å². The summed E-state index contributed by atoms with van der Waals surface area (Å²) in [4.78, 5) is 12.9. The molecule has 208 valence electrons. The molecular formula is C38H44O2. The van der Waals surface area contributed by atoms with Crippen LogP contribution in [0, 0.1) is 34.5 Å². The lowest BCUT2D eigenvalue weighted by molar-refractivity contribution is -0.154. The van der Waals surface area contributed by atoms with Crippen molar-refractivity contribution in [1.29, 1.82) is 0 Å². The quantitative estimate of drug-likeness (QED) is 0.307. The Bertz CT molecular complexity index is 1240. The molecule has 0 heterocycles. The molecule has 4 saturated carbocycles. The summed E-state index contributed by atoms with van der Waals surface area (Å²) >= 11 is 0. The molecule has 40 heavy (non-hydrogen) atoms. The van der Waals surface area contributed by atoms with Crippen molar-refractivity contribution in [2.45, 2.75) is 83.3 Å². The van der Waals surface area contributed by atoms with E-state index in [1.807, 2.05) is 0 Å². The summed E-state index contributed by atoms with van der Waals surface area (Å²) < 4.78 is 7.52. The van der Waals surface area contributed by atoms with Gasteiger partial charge in [0.2, 0.25) is 0 Å². The van der Waals surface area contributed by atoms with Crippen molar-refractivity contribution in [1.82, 2.24) is 0 Å². The van der Waals surface area contributed by atoms with E-state index in [9.17, 15) is 4.79 Å². The summed E-state index contributed by atoms with van der Waals surface area (Å²) in [6, 6.07) is 32.6. The molecule has 0 amide bonds. The molecule has 4 aliphatic carbocycles. The summed E-state index contributed by atoms with van der Waals surface area (Å²) in [5, 5.41) is 0. The predicted molar refractivity (Wildman–Crippen MR) is 161 cm³/mol. The molecule has 7 atom stereocenters. The monoisotopic (exact) mass is 532 g/mol. The van der Waals surface area contributed by atoms with Crippen LogP contribution in [-0.4, -0.2) is 11.9 Å². The zero-order valence-corrected chi connectivity index (χ0v) is 24.2. The van der Waals surface area contributed by atoms with Gasteiger partial charge in [-0.3, -0.25) is 4.79 Å². The number of hydrogen-bond acceptors (Lipinski definition) is 2. The number of ether oxygens (including phenoxy) is 1. The molecule has 3 aromatic carbocycles. The first-order valence-corrected chi connectivity index (χ1v) is 15.8. The summed E-state index contributed by atoms with van der Waals surface area (Å²) in [5.74, 6) is 3.36. The topological polar surface area (TPSA) is 26.3 Å². The molecule has 3 aromatic rings. The summed E-state index contributed by atoms with van der Waals surface area (Å²) in [6.07, 6.45) is 10.6. The number of carbonyl (C=O) groups excluding carboxylic acids is 1. The standard InChI is InChI=1S/C38H44O2/c1-36-24-22-31(26-30(36)18-19-32-33-20-21-35(39)37(33,2)25-23-34(32)36)40-38(27-12-6-3-7-13-27,28-14-8-4-9-15-28)29-16-10-5-11-17-29/h3-17,30-34H,18-26H2,1-2H3/t30-,31-,32-,33-,34-,36-,37-/m0/s1. The molecular weight excluding hydrogens is 488 g/mol. The van der Waals surface area contributed by atoms with Crippen LogP contribution in [0.25, 0.3) is 0 Å². The van der Waals surface area contributed by atoms with Crippen molar-refractivity contribution in [3.05, 3.63) is 108 Å². The lowest BCUT2D eigenvalue weighted by atomic mass is 9.45. The lowest BCUT2D eigenvalue weighted by Crippen LogP contribution is -2.54. The number of carbonyl (C=O) groups is 1. The van der Waals surface area contributed by atoms with Crippen molar-refractivity contribution in [3.63, 3.8) is 0 Å². The van der Waals surface area contributed by atoms with Crippen LogP contribution in [-0.2, 0) is 15.1 Å². The van der Waals surface area contributed by atoms with E-state index in [0.29, 0.717) is 23.0 Å². The van der Waals surface area contributed by atoms with Gasteiger partial charge in [0.05, 0.1) is 6.10 Å². The van der Waals surface area contributed by atoms with Crippen LogP contribution in [0.4, 0.5) is 0 Å². The van der Waals surface area contributed by atoms with Crippen LogP contribution in [0.15, 0.2) is 91.0 Å². The highest BCUT2D eigenvalue weighted by atomic mass is 16.5. The second-order valence-corrected chi connectivity index (χ2v) is 13.9. The fraction of sp³-hybridized carbons (Fsp3) is 0.500. The minimum absolute atomic E-state index is 0.0364. The van der Waals surface area contributed by atoms with Crippen LogP contribution in [0.5, 0.6) is 0 Å². The maximum Gasteiger partial charge on any atom is 0.144 e. The van der Waals surface area contributed by atoms with Gasteiger partial charge in [0.25, 0.3) is 0 Å². The SMILES string of the molecule is C[C@]12CC[C@H](OC(c3ccccc3)(c3ccccc3)c3ccccc3)C[C@@H]1CC[C@@H]1[C@@H]2CC[C@]2(C)C(=O)CC[C@@H]12. The fourth-order valence-electron chi connectivity index (χ4n) is 10.1. The molecule has 7 rings (SSSR count). The van der Waals surface area contributed by atoms with Crippen LogP contribution < -0.4 is 0 Å². The first kappa shape index (κ1) is 26.2. The number of ketones is 1. The maximum atomic E-state index is 12.9.